The molecule has 0 spiro atoms. The Morgan fingerprint density at radius 2 is 1.67 bits per heavy atom. The minimum atomic E-state index is -0.420. The fourth-order valence-corrected chi connectivity index (χ4v) is 3.71. The van der Waals surface area contributed by atoms with E-state index < -0.39 is 12.0 Å². The van der Waals surface area contributed by atoms with Crippen molar-refractivity contribution in [3.8, 4) is 0 Å². The molecule has 0 N–H and O–H groups in total. The zero-order valence-corrected chi connectivity index (χ0v) is 15.7. The molecule has 0 aliphatic carbocycles. The largest absolute Gasteiger partial charge is 0.466 e. The molecule has 1 aliphatic heterocycles. The van der Waals surface area contributed by atoms with E-state index in [0.29, 0.717) is 13.0 Å². The van der Waals surface area contributed by atoms with E-state index in [-0.39, 0.29) is 23.8 Å². The lowest BCUT2D eigenvalue weighted by molar-refractivity contribution is -0.169. The minimum absolute atomic E-state index is 0.0511. The number of rotatable bonds is 5. The molecule has 2 aromatic carbocycles. The van der Waals surface area contributed by atoms with Crippen molar-refractivity contribution < 1.29 is 18.7 Å². The first-order valence-corrected chi connectivity index (χ1v) is 9.29. The van der Waals surface area contributed by atoms with Crippen LogP contribution in [0.3, 0.4) is 0 Å². The topological polar surface area (TPSA) is 35.5 Å². The van der Waals surface area contributed by atoms with Crippen LogP contribution >= 0.6 is 0 Å². The van der Waals surface area contributed by atoms with Crippen LogP contribution in [0.1, 0.15) is 43.6 Å². The molecule has 0 aromatic heterocycles. The van der Waals surface area contributed by atoms with Crippen molar-refractivity contribution in [3.05, 3.63) is 83.7 Å². The second-order valence-electron chi connectivity index (χ2n) is 6.99. The van der Waals surface area contributed by atoms with Crippen molar-refractivity contribution in [1.82, 2.24) is 0 Å². The molecule has 0 saturated carbocycles. The molecule has 142 valence electrons. The van der Waals surface area contributed by atoms with Gasteiger partial charge in [-0.05, 0) is 43.5 Å². The predicted molar refractivity (Wildman–Crippen MR) is 102 cm³/mol. The molecule has 2 aromatic rings. The highest BCUT2D eigenvalue weighted by Crippen LogP contribution is 2.48. The molecule has 3 nitrogen and oxygen atoms in total. The lowest BCUT2D eigenvalue weighted by Crippen LogP contribution is -2.37. The van der Waals surface area contributed by atoms with Gasteiger partial charge in [0.25, 0.3) is 0 Å². The van der Waals surface area contributed by atoms with Gasteiger partial charge in [0.2, 0.25) is 0 Å². The summed E-state index contributed by atoms with van der Waals surface area (Å²) < 4.78 is 25.2. The third-order valence-electron chi connectivity index (χ3n) is 5.08. The summed E-state index contributed by atoms with van der Waals surface area (Å²) in [6.07, 6.45) is -0.134. The fourth-order valence-electron chi connectivity index (χ4n) is 3.71. The molecule has 1 saturated heterocycles. The van der Waals surface area contributed by atoms with Crippen molar-refractivity contribution in [2.75, 3.05) is 6.61 Å². The Morgan fingerprint density at radius 3 is 2.26 bits per heavy atom. The van der Waals surface area contributed by atoms with Gasteiger partial charge in [-0.2, -0.15) is 0 Å². The Labute approximate surface area is 159 Å². The fraction of sp³-hybridized carbons (Fsp3) is 0.348. The number of hydrogen-bond acceptors (Lipinski definition) is 3. The number of ether oxygens (including phenoxy) is 2. The smallest absolute Gasteiger partial charge is 0.311 e. The van der Waals surface area contributed by atoms with Crippen LogP contribution in [-0.2, 0) is 14.3 Å². The van der Waals surface area contributed by atoms with Crippen molar-refractivity contribution >= 4 is 5.97 Å². The van der Waals surface area contributed by atoms with Crippen LogP contribution in [0, 0.1) is 17.7 Å². The maximum Gasteiger partial charge on any atom is 0.311 e. The Kier molecular flexibility index (Phi) is 6.07. The molecular weight excluding hydrogens is 343 g/mol. The summed E-state index contributed by atoms with van der Waals surface area (Å²) >= 11 is 0. The normalized spacial score (nSPS) is 25.0. The van der Waals surface area contributed by atoms with Gasteiger partial charge >= 0.3 is 5.97 Å². The second-order valence-corrected chi connectivity index (χ2v) is 6.99. The molecular formula is C23H25FO3. The first-order valence-electron chi connectivity index (χ1n) is 9.29. The summed E-state index contributed by atoms with van der Waals surface area (Å²) in [5.74, 6) is -1.00. The van der Waals surface area contributed by atoms with Crippen LogP contribution in [0.4, 0.5) is 4.39 Å². The maximum absolute atomic E-state index is 13.4. The molecule has 1 aliphatic rings. The average molecular weight is 368 g/mol. The maximum atomic E-state index is 13.4. The van der Waals surface area contributed by atoms with Crippen LogP contribution in [0.25, 0.3) is 0 Å². The van der Waals surface area contributed by atoms with E-state index in [0.717, 1.165) is 16.7 Å². The second kappa shape index (κ2) is 8.49. The highest BCUT2D eigenvalue weighted by Gasteiger charge is 2.43. The van der Waals surface area contributed by atoms with Crippen LogP contribution < -0.4 is 0 Å². The van der Waals surface area contributed by atoms with E-state index in [9.17, 15) is 9.18 Å². The van der Waals surface area contributed by atoms with Gasteiger partial charge in [0, 0.05) is 5.92 Å². The molecule has 0 amide bonds. The molecule has 0 unspecified atom stereocenters. The zero-order chi connectivity index (χ0) is 19.4. The van der Waals surface area contributed by atoms with Gasteiger partial charge in [0.15, 0.2) is 0 Å². The molecule has 4 heteroatoms. The third kappa shape index (κ3) is 4.28. The Bertz CT molecular complexity index is 785. The van der Waals surface area contributed by atoms with Crippen molar-refractivity contribution in [2.45, 2.75) is 32.5 Å². The van der Waals surface area contributed by atoms with E-state index >= 15 is 0 Å². The molecule has 3 rings (SSSR count). The number of esters is 1. The summed E-state index contributed by atoms with van der Waals surface area (Å²) in [4.78, 5) is 12.7. The third-order valence-corrected chi connectivity index (χ3v) is 5.08. The predicted octanol–water partition coefficient (Wildman–Crippen LogP) is 5.40. The van der Waals surface area contributed by atoms with Gasteiger partial charge in [-0.15, -0.1) is 0 Å². The van der Waals surface area contributed by atoms with Crippen LogP contribution in [-0.4, -0.2) is 12.6 Å². The Morgan fingerprint density at radius 1 is 1.07 bits per heavy atom. The lowest BCUT2D eigenvalue weighted by Gasteiger charge is -2.41. The van der Waals surface area contributed by atoms with Gasteiger partial charge in [-0.1, -0.05) is 54.6 Å². The highest BCUT2D eigenvalue weighted by atomic mass is 19.1. The van der Waals surface area contributed by atoms with Crippen molar-refractivity contribution in [2.24, 2.45) is 11.8 Å². The van der Waals surface area contributed by atoms with Gasteiger partial charge in [-0.3, -0.25) is 4.79 Å². The molecule has 0 radical (unpaired) electrons. The van der Waals surface area contributed by atoms with Crippen LogP contribution in [0.15, 0.2) is 66.7 Å². The van der Waals surface area contributed by atoms with Gasteiger partial charge in [0.1, 0.15) is 5.82 Å². The first kappa shape index (κ1) is 19.3. The molecule has 27 heavy (non-hydrogen) atoms. The van der Waals surface area contributed by atoms with Gasteiger partial charge in [-0.25, -0.2) is 4.39 Å². The van der Waals surface area contributed by atoms with Crippen LogP contribution in [0.2, 0.25) is 0 Å². The quantitative estimate of drug-likeness (QED) is 0.524. The number of benzene rings is 2. The highest BCUT2D eigenvalue weighted by molar-refractivity contribution is 5.73. The zero-order valence-electron chi connectivity index (χ0n) is 15.7. The van der Waals surface area contributed by atoms with Gasteiger partial charge < -0.3 is 9.47 Å². The van der Waals surface area contributed by atoms with E-state index in [1.165, 1.54) is 12.1 Å². The Hall–Kier alpha value is -2.46. The summed E-state index contributed by atoms with van der Waals surface area (Å²) in [6, 6.07) is 16.0. The van der Waals surface area contributed by atoms with Crippen molar-refractivity contribution in [3.63, 3.8) is 0 Å². The lowest BCUT2D eigenvalue weighted by atomic mass is 9.76. The number of carbonyl (C=O) groups is 1. The standard InChI is InChI=1S/C23H25FO3/c1-4-26-23(25)20-14-19(15(2)3)21(17-10-12-18(24)13-11-17)27-22(20)16-8-6-5-7-9-16/h5-13,19-22H,2,4,14H2,1,3H3/t19-,20-,21-,22+/m0/s1. The van der Waals surface area contributed by atoms with Crippen LogP contribution in [0.5, 0.6) is 0 Å². The van der Waals surface area contributed by atoms with Gasteiger partial charge in [0.05, 0.1) is 24.7 Å². The average Bonchev–Trinajstić information content (AvgIpc) is 2.68. The first-order chi connectivity index (χ1) is 13.0. The minimum Gasteiger partial charge on any atom is -0.466 e. The number of hydrogen-bond donors (Lipinski definition) is 0. The summed E-state index contributed by atoms with van der Waals surface area (Å²) in [6.45, 7) is 8.18. The Balaban J connectivity index is 1.99. The molecule has 4 atom stereocenters. The van der Waals surface area contributed by atoms with E-state index in [1.54, 1.807) is 19.1 Å². The molecule has 1 heterocycles. The van der Waals surface area contributed by atoms with E-state index in [1.807, 2.05) is 37.3 Å². The monoisotopic (exact) mass is 368 g/mol. The summed E-state index contributed by atoms with van der Waals surface area (Å²) in [5.41, 5.74) is 2.75. The van der Waals surface area contributed by atoms with E-state index in [4.69, 9.17) is 9.47 Å². The molecule has 1 fully saturated rings. The SMILES string of the molecule is C=C(C)[C@@H]1C[C@H](C(=O)OCC)[C@@H](c2ccccc2)O[C@H]1c1ccc(F)cc1. The summed E-state index contributed by atoms with van der Waals surface area (Å²) in [7, 11) is 0. The van der Waals surface area contributed by atoms with Crippen molar-refractivity contribution in [1.29, 1.82) is 0 Å². The number of carbonyl (C=O) groups excluding carboxylic acids is 1. The molecule has 0 bridgehead atoms. The van der Waals surface area contributed by atoms with E-state index in [2.05, 4.69) is 6.58 Å². The number of halogens is 1. The summed E-state index contributed by atoms with van der Waals surface area (Å²) in [5, 5.41) is 0.